The summed E-state index contributed by atoms with van der Waals surface area (Å²) in [7, 11) is 0. The summed E-state index contributed by atoms with van der Waals surface area (Å²) in [6.07, 6.45) is 7.37. The van der Waals surface area contributed by atoms with Crippen LogP contribution in [0.15, 0.2) is 6.07 Å². The standard InChI is InChI=1S/C17H31N3O/c1-4-6-15-7-9-17(13-18,10-8-15)21-12-16-11-14(3)19-20(16)5-2/h11,15H,4-10,12-13,18H2,1-3H3. The minimum absolute atomic E-state index is 0.110. The third kappa shape index (κ3) is 4.07. The molecule has 1 aliphatic rings. The third-order valence-electron chi connectivity index (χ3n) is 4.90. The fourth-order valence-electron chi connectivity index (χ4n) is 3.52. The van der Waals surface area contributed by atoms with Crippen molar-refractivity contribution in [1.29, 1.82) is 0 Å². The van der Waals surface area contributed by atoms with Gasteiger partial charge in [-0.2, -0.15) is 5.10 Å². The van der Waals surface area contributed by atoms with Crippen LogP contribution in [0.5, 0.6) is 0 Å². The predicted molar refractivity (Wildman–Crippen MR) is 86.1 cm³/mol. The average molecular weight is 293 g/mol. The number of aryl methyl sites for hydroxylation is 2. The van der Waals surface area contributed by atoms with Gasteiger partial charge in [-0.15, -0.1) is 0 Å². The van der Waals surface area contributed by atoms with E-state index >= 15 is 0 Å². The maximum atomic E-state index is 6.30. The molecule has 0 radical (unpaired) electrons. The van der Waals surface area contributed by atoms with Gasteiger partial charge in [0.1, 0.15) is 0 Å². The molecule has 1 aliphatic carbocycles. The molecular formula is C17H31N3O. The Morgan fingerprint density at radius 3 is 2.67 bits per heavy atom. The van der Waals surface area contributed by atoms with Crippen molar-refractivity contribution in [2.24, 2.45) is 11.7 Å². The molecule has 0 amide bonds. The molecule has 2 rings (SSSR count). The number of hydrogen-bond donors (Lipinski definition) is 1. The molecule has 0 bridgehead atoms. The second-order valence-electron chi connectivity index (χ2n) is 6.50. The van der Waals surface area contributed by atoms with Crippen molar-refractivity contribution >= 4 is 0 Å². The zero-order valence-corrected chi connectivity index (χ0v) is 13.9. The number of nitrogens with zero attached hydrogens (tertiary/aromatic N) is 2. The molecule has 0 spiro atoms. The van der Waals surface area contributed by atoms with Gasteiger partial charge in [0.15, 0.2) is 0 Å². The normalized spacial score (nSPS) is 26.2. The number of nitrogens with two attached hydrogens (primary N) is 1. The maximum Gasteiger partial charge on any atom is 0.0893 e. The van der Waals surface area contributed by atoms with Crippen LogP contribution in [0.2, 0.25) is 0 Å². The largest absolute Gasteiger partial charge is 0.367 e. The quantitative estimate of drug-likeness (QED) is 0.838. The van der Waals surface area contributed by atoms with E-state index in [1.807, 2.05) is 11.6 Å². The van der Waals surface area contributed by atoms with Crippen LogP contribution in [0.3, 0.4) is 0 Å². The first kappa shape index (κ1) is 16.5. The van der Waals surface area contributed by atoms with Gasteiger partial charge >= 0.3 is 0 Å². The van der Waals surface area contributed by atoms with E-state index in [2.05, 4.69) is 25.0 Å². The van der Waals surface area contributed by atoms with Gasteiger partial charge in [-0.25, -0.2) is 0 Å². The molecule has 0 aromatic carbocycles. The van der Waals surface area contributed by atoms with Gasteiger partial charge in [-0.3, -0.25) is 4.68 Å². The number of aromatic nitrogens is 2. The molecule has 1 heterocycles. The van der Waals surface area contributed by atoms with Crippen molar-refractivity contribution in [2.75, 3.05) is 6.54 Å². The van der Waals surface area contributed by atoms with E-state index in [-0.39, 0.29) is 5.60 Å². The molecule has 0 aliphatic heterocycles. The Hall–Kier alpha value is -0.870. The van der Waals surface area contributed by atoms with E-state index in [0.717, 1.165) is 31.0 Å². The molecular weight excluding hydrogens is 262 g/mol. The number of ether oxygens (including phenoxy) is 1. The highest BCUT2D eigenvalue weighted by atomic mass is 16.5. The highest BCUT2D eigenvalue weighted by Crippen LogP contribution is 2.36. The molecule has 1 aromatic heterocycles. The van der Waals surface area contributed by atoms with Crippen molar-refractivity contribution in [1.82, 2.24) is 9.78 Å². The highest BCUT2D eigenvalue weighted by molar-refractivity contribution is 5.08. The Morgan fingerprint density at radius 1 is 1.38 bits per heavy atom. The Balaban J connectivity index is 1.93. The molecule has 21 heavy (non-hydrogen) atoms. The lowest BCUT2D eigenvalue weighted by Crippen LogP contribution is -2.44. The summed E-state index contributed by atoms with van der Waals surface area (Å²) in [5.41, 5.74) is 8.16. The summed E-state index contributed by atoms with van der Waals surface area (Å²) in [5.74, 6) is 0.877. The zero-order valence-electron chi connectivity index (χ0n) is 13.9. The minimum atomic E-state index is -0.110. The molecule has 1 saturated carbocycles. The van der Waals surface area contributed by atoms with Crippen LogP contribution in [-0.2, 0) is 17.9 Å². The smallest absolute Gasteiger partial charge is 0.0893 e. The van der Waals surface area contributed by atoms with Gasteiger partial charge in [0.2, 0.25) is 0 Å². The van der Waals surface area contributed by atoms with Crippen LogP contribution in [0.1, 0.15) is 63.8 Å². The molecule has 0 atom stereocenters. The fraction of sp³-hybridized carbons (Fsp3) is 0.824. The second kappa shape index (κ2) is 7.41. The first-order valence-corrected chi connectivity index (χ1v) is 8.50. The van der Waals surface area contributed by atoms with E-state index in [1.165, 1.54) is 31.4 Å². The van der Waals surface area contributed by atoms with E-state index < -0.39 is 0 Å². The van der Waals surface area contributed by atoms with Crippen molar-refractivity contribution in [2.45, 2.75) is 78.0 Å². The molecule has 1 fully saturated rings. The van der Waals surface area contributed by atoms with E-state index in [9.17, 15) is 0 Å². The number of hydrogen-bond acceptors (Lipinski definition) is 3. The highest BCUT2D eigenvalue weighted by Gasteiger charge is 2.35. The van der Waals surface area contributed by atoms with Crippen molar-refractivity contribution in [3.8, 4) is 0 Å². The Bertz CT molecular complexity index is 433. The van der Waals surface area contributed by atoms with Gasteiger partial charge in [0.05, 0.1) is 23.6 Å². The van der Waals surface area contributed by atoms with E-state index in [0.29, 0.717) is 13.2 Å². The van der Waals surface area contributed by atoms with Crippen LogP contribution in [0, 0.1) is 12.8 Å². The molecule has 120 valence electrons. The van der Waals surface area contributed by atoms with Crippen molar-refractivity contribution in [3.63, 3.8) is 0 Å². The molecule has 0 unspecified atom stereocenters. The third-order valence-corrected chi connectivity index (χ3v) is 4.90. The monoisotopic (exact) mass is 293 g/mol. The van der Waals surface area contributed by atoms with Gasteiger partial charge < -0.3 is 10.5 Å². The van der Waals surface area contributed by atoms with Crippen molar-refractivity contribution < 1.29 is 4.74 Å². The predicted octanol–water partition coefficient (Wildman–Crippen LogP) is 3.42. The summed E-state index contributed by atoms with van der Waals surface area (Å²) < 4.78 is 8.33. The van der Waals surface area contributed by atoms with Gasteiger partial charge in [-0.05, 0) is 51.5 Å². The minimum Gasteiger partial charge on any atom is -0.367 e. The Kier molecular flexibility index (Phi) is 5.82. The van der Waals surface area contributed by atoms with Crippen LogP contribution in [0.4, 0.5) is 0 Å². The summed E-state index contributed by atoms with van der Waals surface area (Å²) in [6, 6.07) is 2.12. The average Bonchev–Trinajstić information content (AvgIpc) is 2.87. The van der Waals surface area contributed by atoms with Gasteiger partial charge in [0.25, 0.3) is 0 Å². The molecule has 4 nitrogen and oxygen atoms in total. The van der Waals surface area contributed by atoms with Crippen LogP contribution >= 0.6 is 0 Å². The molecule has 1 aromatic rings. The Morgan fingerprint density at radius 2 is 2.10 bits per heavy atom. The molecule has 2 N–H and O–H groups in total. The first-order valence-electron chi connectivity index (χ1n) is 8.50. The molecule has 0 saturated heterocycles. The first-order chi connectivity index (χ1) is 10.1. The van der Waals surface area contributed by atoms with Crippen molar-refractivity contribution in [3.05, 3.63) is 17.5 Å². The zero-order chi connectivity index (χ0) is 15.3. The summed E-state index contributed by atoms with van der Waals surface area (Å²) in [5, 5.41) is 4.48. The lowest BCUT2D eigenvalue weighted by atomic mass is 9.77. The second-order valence-corrected chi connectivity index (χ2v) is 6.50. The molecule has 4 heteroatoms. The van der Waals surface area contributed by atoms with Crippen LogP contribution in [0.25, 0.3) is 0 Å². The fourth-order valence-corrected chi connectivity index (χ4v) is 3.52. The Labute approximate surface area is 129 Å². The SMILES string of the molecule is CCCC1CCC(CN)(OCc2cc(C)nn2CC)CC1. The van der Waals surface area contributed by atoms with E-state index in [4.69, 9.17) is 10.5 Å². The van der Waals surface area contributed by atoms with Crippen LogP contribution < -0.4 is 5.73 Å². The lowest BCUT2D eigenvalue weighted by molar-refractivity contribution is -0.0835. The van der Waals surface area contributed by atoms with E-state index in [1.54, 1.807) is 0 Å². The van der Waals surface area contributed by atoms with Crippen LogP contribution in [-0.4, -0.2) is 21.9 Å². The maximum absolute atomic E-state index is 6.30. The summed E-state index contributed by atoms with van der Waals surface area (Å²) >= 11 is 0. The topological polar surface area (TPSA) is 53.1 Å². The summed E-state index contributed by atoms with van der Waals surface area (Å²) in [4.78, 5) is 0. The lowest BCUT2D eigenvalue weighted by Gasteiger charge is -2.39. The number of rotatable bonds is 7. The summed E-state index contributed by atoms with van der Waals surface area (Å²) in [6.45, 7) is 8.57. The van der Waals surface area contributed by atoms with Gasteiger partial charge in [-0.1, -0.05) is 19.8 Å². The van der Waals surface area contributed by atoms with Gasteiger partial charge in [0, 0.05) is 13.1 Å².